The van der Waals surface area contributed by atoms with Crippen molar-refractivity contribution >= 4 is 16.9 Å². The normalized spacial score (nSPS) is 18.7. The van der Waals surface area contributed by atoms with E-state index in [2.05, 4.69) is 0 Å². The highest BCUT2D eigenvalue weighted by molar-refractivity contribution is 5.94. The Hall–Kier alpha value is -2.88. The molecule has 4 heteroatoms. The second kappa shape index (κ2) is 6.45. The van der Waals surface area contributed by atoms with Crippen LogP contribution in [0.1, 0.15) is 30.4 Å². The fourth-order valence-corrected chi connectivity index (χ4v) is 3.58. The van der Waals surface area contributed by atoms with E-state index < -0.39 is 0 Å². The van der Waals surface area contributed by atoms with E-state index in [9.17, 15) is 9.59 Å². The summed E-state index contributed by atoms with van der Waals surface area (Å²) in [7, 11) is 0. The van der Waals surface area contributed by atoms with E-state index in [1.54, 1.807) is 6.07 Å². The standard InChI is InChI=1S/C22H20O4/c1-3-25-22(24)19-11-17(19)14-8-9-16-18(12-21(23)26-20(16)10-14)15-7-5-4-6-13(15)2/h4-10,12,17,19H,3,11H2,1-2H3/t17-,19+/m0/s1. The van der Waals surface area contributed by atoms with Crippen LogP contribution in [0.5, 0.6) is 0 Å². The van der Waals surface area contributed by atoms with Crippen LogP contribution < -0.4 is 5.63 Å². The van der Waals surface area contributed by atoms with Crippen LogP contribution in [-0.2, 0) is 9.53 Å². The highest BCUT2D eigenvalue weighted by atomic mass is 16.5. The zero-order valence-electron chi connectivity index (χ0n) is 14.8. The number of ether oxygens (including phenoxy) is 1. The van der Waals surface area contributed by atoms with Crippen LogP contribution in [0.25, 0.3) is 22.1 Å². The van der Waals surface area contributed by atoms with Crippen molar-refractivity contribution in [1.29, 1.82) is 0 Å². The molecule has 0 spiro atoms. The average molecular weight is 348 g/mol. The molecule has 2 atom stereocenters. The van der Waals surface area contributed by atoms with E-state index in [0.717, 1.165) is 34.1 Å². The van der Waals surface area contributed by atoms with E-state index in [0.29, 0.717) is 12.2 Å². The molecule has 0 amide bonds. The van der Waals surface area contributed by atoms with Crippen molar-refractivity contribution in [2.45, 2.75) is 26.2 Å². The van der Waals surface area contributed by atoms with Gasteiger partial charge in [-0.2, -0.15) is 0 Å². The lowest BCUT2D eigenvalue weighted by molar-refractivity contribution is -0.144. The first-order valence-electron chi connectivity index (χ1n) is 8.89. The van der Waals surface area contributed by atoms with Gasteiger partial charge in [0.05, 0.1) is 12.5 Å². The summed E-state index contributed by atoms with van der Waals surface area (Å²) in [6, 6.07) is 15.4. The molecule has 2 aromatic carbocycles. The van der Waals surface area contributed by atoms with Crippen molar-refractivity contribution in [2.75, 3.05) is 6.61 Å². The van der Waals surface area contributed by atoms with E-state index in [4.69, 9.17) is 9.15 Å². The van der Waals surface area contributed by atoms with Gasteiger partial charge in [0.1, 0.15) is 5.58 Å². The van der Waals surface area contributed by atoms with Gasteiger partial charge < -0.3 is 9.15 Å². The summed E-state index contributed by atoms with van der Waals surface area (Å²) >= 11 is 0. The van der Waals surface area contributed by atoms with E-state index in [-0.39, 0.29) is 23.4 Å². The molecule has 132 valence electrons. The van der Waals surface area contributed by atoms with Crippen LogP contribution in [0, 0.1) is 12.8 Å². The maximum atomic E-state index is 12.1. The van der Waals surface area contributed by atoms with E-state index in [1.807, 2.05) is 56.3 Å². The molecule has 0 saturated heterocycles. The number of hydrogen-bond acceptors (Lipinski definition) is 4. The number of rotatable bonds is 4. The number of carbonyl (C=O) groups is 1. The minimum atomic E-state index is -0.370. The molecule has 0 unspecified atom stereocenters. The highest BCUT2D eigenvalue weighted by Crippen LogP contribution is 2.48. The van der Waals surface area contributed by atoms with Crippen LogP contribution in [0.3, 0.4) is 0 Å². The molecule has 0 radical (unpaired) electrons. The number of hydrogen-bond donors (Lipinski definition) is 0. The van der Waals surface area contributed by atoms with Crippen LogP contribution in [-0.4, -0.2) is 12.6 Å². The number of carbonyl (C=O) groups excluding carboxylic acids is 1. The fraction of sp³-hybridized carbons (Fsp3) is 0.273. The van der Waals surface area contributed by atoms with Gasteiger partial charge in [-0.25, -0.2) is 4.79 Å². The van der Waals surface area contributed by atoms with Gasteiger partial charge in [0.15, 0.2) is 0 Å². The van der Waals surface area contributed by atoms with Crippen molar-refractivity contribution in [3.05, 3.63) is 70.1 Å². The molecule has 1 aliphatic rings. The maximum absolute atomic E-state index is 12.1. The van der Waals surface area contributed by atoms with Gasteiger partial charge in [0.25, 0.3) is 0 Å². The average Bonchev–Trinajstić information content (AvgIpc) is 3.42. The van der Waals surface area contributed by atoms with E-state index >= 15 is 0 Å². The van der Waals surface area contributed by atoms with Crippen LogP contribution in [0.4, 0.5) is 0 Å². The van der Waals surface area contributed by atoms with Gasteiger partial charge in [0, 0.05) is 17.0 Å². The molecule has 0 aliphatic heterocycles. The number of aryl methyl sites for hydroxylation is 1. The van der Waals surface area contributed by atoms with Gasteiger partial charge in [-0.15, -0.1) is 0 Å². The summed E-state index contributed by atoms with van der Waals surface area (Å²) in [6.07, 6.45) is 0.784. The Bertz CT molecular complexity index is 1050. The third-order valence-electron chi connectivity index (χ3n) is 5.01. The second-order valence-corrected chi connectivity index (χ2v) is 6.75. The quantitative estimate of drug-likeness (QED) is 0.517. The third-order valence-corrected chi connectivity index (χ3v) is 5.01. The zero-order chi connectivity index (χ0) is 18.3. The molecule has 1 saturated carbocycles. The van der Waals surface area contributed by atoms with Crippen LogP contribution in [0.2, 0.25) is 0 Å². The Morgan fingerprint density at radius 2 is 1.96 bits per heavy atom. The van der Waals surface area contributed by atoms with Gasteiger partial charge in [-0.1, -0.05) is 36.4 Å². The number of fused-ring (bicyclic) bond motifs is 1. The zero-order valence-corrected chi connectivity index (χ0v) is 14.8. The summed E-state index contributed by atoms with van der Waals surface area (Å²) in [5, 5.41) is 0.899. The molecule has 3 aromatic rings. The predicted octanol–water partition coefficient (Wildman–Crippen LogP) is 4.44. The topological polar surface area (TPSA) is 56.5 Å². The lowest BCUT2D eigenvalue weighted by Crippen LogP contribution is -2.07. The van der Waals surface area contributed by atoms with Crippen molar-refractivity contribution < 1.29 is 13.9 Å². The molecule has 1 heterocycles. The maximum Gasteiger partial charge on any atom is 0.336 e. The van der Waals surface area contributed by atoms with Gasteiger partial charge >= 0.3 is 11.6 Å². The van der Waals surface area contributed by atoms with Crippen molar-refractivity contribution in [3.8, 4) is 11.1 Å². The smallest absolute Gasteiger partial charge is 0.336 e. The lowest BCUT2D eigenvalue weighted by Gasteiger charge is -2.10. The second-order valence-electron chi connectivity index (χ2n) is 6.75. The molecule has 0 bridgehead atoms. The molecule has 1 fully saturated rings. The largest absolute Gasteiger partial charge is 0.466 e. The van der Waals surface area contributed by atoms with E-state index in [1.165, 1.54) is 0 Å². The lowest BCUT2D eigenvalue weighted by atomic mass is 9.96. The SMILES string of the molecule is CCOC(=O)[C@@H]1C[C@H]1c1ccc2c(-c3ccccc3C)cc(=O)oc2c1. The summed E-state index contributed by atoms with van der Waals surface area (Å²) < 4.78 is 10.6. The number of esters is 1. The highest BCUT2D eigenvalue weighted by Gasteiger charge is 2.45. The summed E-state index contributed by atoms with van der Waals surface area (Å²) in [5.74, 6) is -0.0859. The Morgan fingerprint density at radius 1 is 1.15 bits per heavy atom. The first-order valence-corrected chi connectivity index (χ1v) is 8.89. The molecule has 0 N–H and O–H groups in total. The molecular formula is C22H20O4. The van der Waals surface area contributed by atoms with Gasteiger partial charge in [-0.05, 0) is 48.9 Å². The Kier molecular flexibility index (Phi) is 4.11. The van der Waals surface area contributed by atoms with Crippen molar-refractivity contribution in [3.63, 3.8) is 0 Å². The van der Waals surface area contributed by atoms with Crippen molar-refractivity contribution in [1.82, 2.24) is 0 Å². The fourth-order valence-electron chi connectivity index (χ4n) is 3.58. The summed E-state index contributed by atoms with van der Waals surface area (Å²) in [6.45, 7) is 4.24. The molecule has 1 aliphatic carbocycles. The minimum absolute atomic E-state index is 0.0846. The van der Waals surface area contributed by atoms with Gasteiger partial charge in [-0.3, -0.25) is 4.79 Å². The minimum Gasteiger partial charge on any atom is -0.466 e. The third kappa shape index (κ3) is 2.92. The van der Waals surface area contributed by atoms with Crippen LogP contribution in [0.15, 0.2) is 57.7 Å². The predicted molar refractivity (Wildman–Crippen MR) is 100 cm³/mol. The first-order chi connectivity index (χ1) is 12.6. The van der Waals surface area contributed by atoms with Gasteiger partial charge in [0.2, 0.25) is 0 Å². The Labute approximate surface area is 151 Å². The molecule has 1 aromatic heterocycles. The summed E-state index contributed by atoms with van der Waals surface area (Å²) in [4.78, 5) is 24.0. The van der Waals surface area contributed by atoms with Crippen LogP contribution >= 0.6 is 0 Å². The first kappa shape index (κ1) is 16.6. The Morgan fingerprint density at radius 3 is 2.73 bits per heavy atom. The van der Waals surface area contributed by atoms with Crippen molar-refractivity contribution in [2.24, 2.45) is 5.92 Å². The molecule has 4 nitrogen and oxygen atoms in total. The monoisotopic (exact) mass is 348 g/mol. The molecule has 4 rings (SSSR count). The molecular weight excluding hydrogens is 328 g/mol. The Balaban J connectivity index is 1.76. The number of benzene rings is 2. The summed E-state index contributed by atoms with van der Waals surface area (Å²) in [5.41, 5.74) is 4.20. The molecule has 26 heavy (non-hydrogen) atoms.